The summed E-state index contributed by atoms with van der Waals surface area (Å²) in [6.07, 6.45) is 2.24. The number of aliphatic hydroxyl groups is 1. The Morgan fingerprint density at radius 2 is 2.15 bits per heavy atom. The minimum absolute atomic E-state index is 0.250. The molecular weight excluding hydrogens is 353 g/mol. The van der Waals surface area contributed by atoms with Crippen molar-refractivity contribution < 1.29 is 19.0 Å². The highest BCUT2D eigenvalue weighted by Gasteiger charge is 2.40. The van der Waals surface area contributed by atoms with Crippen LogP contribution in [0.5, 0.6) is 5.06 Å². The second-order valence-corrected chi connectivity index (χ2v) is 8.22. The fourth-order valence-electron chi connectivity index (χ4n) is 3.76. The van der Waals surface area contributed by atoms with E-state index in [1.807, 2.05) is 12.1 Å². The lowest BCUT2D eigenvalue weighted by Crippen LogP contribution is -2.40. The van der Waals surface area contributed by atoms with Crippen LogP contribution in [0.2, 0.25) is 0 Å². The smallest absolute Gasteiger partial charge is 0.308 e. The Labute approximate surface area is 156 Å². The van der Waals surface area contributed by atoms with E-state index in [1.165, 1.54) is 29.2 Å². The summed E-state index contributed by atoms with van der Waals surface area (Å²) >= 11 is 1.50. The fourth-order valence-corrected chi connectivity index (χ4v) is 4.82. The molecule has 2 heterocycles. The maximum atomic E-state index is 14.5. The lowest BCUT2D eigenvalue weighted by Gasteiger charge is -2.37. The highest BCUT2D eigenvalue weighted by atomic mass is 32.1. The van der Waals surface area contributed by atoms with Crippen molar-refractivity contribution in [1.29, 1.82) is 0 Å². The van der Waals surface area contributed by atoms with Gasteiger partial charge >= 0.3 is 5.97 Å². The average molecular weight is 375 g/mol. The van der Waals surface area contributed by atoms with Crippen molar-refractivity contribution in [3.05, 3.63) is 52.2 Å². The summed E-state index contributed by atoms with van der Waals surface area (Å²) in [5.74, 6) is -0.345. The average Bonchev–Trinajstić information content (AvgIpc) is 3.37. The number of hydrogen-bond acceptors (Lipinski definition) is 5. The number of ether oxygens (including phenoxy) is 1. The molecule has 2 aliphatic rings. The van der Waals surface area contributed by atoms with Gasteiger partial charge in [0.25, 0.3) is 0 Å². The molecule has 1 N–H and O–H groups in total. The Balaban J connectivity index is 1.62. The van der Waals surface area contributed by atoms with Gasteiger partial charge < -0.3 is 9.84 Å². The number of halogens is 1. The molecule has 0 amide bonds. The number of carbonyl (C=O) groups excluding carboxylic acids is 1. The van der Waals surface area contributed by atoms with Crippen LogP contribution in [0.15, 0.2) is 30.3 Å². The number of fused-ring (bicyclic) bond motifs is 1. The molecule has 1 saturated carbocycles. The summed E-state index contributed by atoms with van der Waals surface area (Å²) in [7, 11) is 0. The van der Waals surface area contributed by atoms with Crippen LogP contribution in [0.1, 0.15) is 41.8 Å². The van der Waals surface area contributed by atoms with Crippen LogP contribution in [0, 0.1) is 11.7 Å². The van der Waals surface area contributed by atoms with E-state index in [0.29, 0.717) is 17.2 Å². The van der Waals surface area contributed by atoms with E-state index < -0.39 is 6.10 Å². The molecule has 0 spiro atoms. The first-order chi connectivity index (χ1) is 12.5. The Morgan fingerprint density at radius 1 is 1.38 bits per heavy atom. The molecule has 138 valence electrons. The van der Waals surface area contributed by atoms with Crippen LogP contribution in [-0.2, 0) is 17.8 Å². The zero-order valence-electron chi connectivity index (χ0n) is 14.7. The summed E-state index contributed by atoms with van der Waals surface area (Å²) in [5.41, 5.74) is 1.66. The summed E-state index contributed by atoms with van der Waals surface area (Å²) in [4.78, 5) is 14.6. The van der Waals surface area contributed by atoms with Crippen molar-refractivity contribution in [1.82, 2.24) is 4.90 Å². The molecule has 1 fully saturated rings. The second-order valence-electron chi connectivity index (χ2n) is 7.12. The molecule has 2 unspecified atom stereocenters. The largest absolute Gasteiger partial charge is 0.416 e. The standard InChI is InChI=1S/C20H22FNO3S/c1-12(23)25-18-10-14-11-22(9-8-17(14)26-18)19(20(24)13-6-7-13)15-4-2-3-5-16(15)21/h2-5,10,13,19-20,24H,6-9,11H2,1H3. The summed E-state index contributed by atoms with van der Waals surface area (Å²) < 4.78 is 19.7. The van der Waals surface area contributed by atoms with Crippen molar-refractivity contribution in [3.8, 4) is 5.06 Å². The number of hydrogen-bond donors (Lipinski definition) is 1. The third-order valence-corrected chi connectivity index (χ3v) is 6.28. The zero-order valence-corrected chi connectivity index (χ0v) is 15.5. The maximum absolute atomic E-state index is 14.5. The Bertz CT molecular complexity index is 817. The summed E-state index contributed by atoms with van der Waals surface area (Å²) in [6, 6.07) is 8.28. The molecule has 0 radical (unpaired) electrons. The molecule has 4 rings (SSSR count). The number of carbonyl (C=O) groups is 1. The predicted molar refractivity (Wildman–Crippen MR) is 97.6 cm³/mol. The summed E-state index contributed by atoms with van der Waals surface area (Å²) in [5, 5.41) is 11.5. The Hall–Kier alpha value is -1.76. The molecular formula is C20H22FNO3S. The minimum Gasteiger partial charge on any atom is -0.416 e. The first kappa shape index (κ1) is 17.6. The third kappa shape index (κ3) is 3.54. The monoisotopic (exact) mass is 375 g/mol. The first-order valence-corrected chi connectivity index (χ1v) is 9.81. The number of aliphatic hydroxyl groups excluding tert-OH is 1. The molecule has 0 bridgehead atoms. The van der Waals surface area contributed by atoms with Gasteiger partial charge in [-0.1, -0.05) is 18.2 Å². The van der Waals surface area contributed by atoms with Crippen LogP contribution in [0.25, 0.3) is 0 Å². The van der Waals surface area contributed by atoms with Gasteiger partial charge in [0.2, 0.25) is 0 Å². The van der Waals surface area contributed by atoms with Crippen LogP contribution in [0.4, 0.5) is 4.39 Å². The van der Waals surface area contributed by atoms with Gasteiger partial charge in [-0.2, -0.15) is 0 Å². The lowest BCUT2D eigenvalue weighted by atomic mass is 9.94. The molecule has 1 aromatic carbocycles. The van der Waals surface area contributed by atoms with Gasteiger partial charge in [0.15, 0.2) is 5.06 Å². The molecule has 2 aromatic rings. The first-order valence-electron chi connectivity index (χ1n) is 8.99. The quantitative estimate of drug-likeness (QED) is 0.810. The summed E-state index contributed by atoms with van der Waals surface area (Å²) in [6.45, 7) is 2.76. The van der Waals surface area contributed by atoms with Crippen LogP contribution >= 0.6 is 11.3 Å². The van der Waals surface area contributed by atoms with Gasteiger partial charge in [0, 0.05) is 30.5 Å². The Morgan fingerprint density at radius 3 is 2.85 bits per heavy atom. The topological polar surface area (TPSA) is 49.8 Å². The highest BCUT2D eigenvalue weighted by molar-refractivity contribution is 7.14. The van der Waals surface area contributed by atoms with Gasteiger partial charge in [0.1, 0.15) is 5.82 Å². The van der Waals surface area contributed by atoms with Crippen molar-refractivity contribution in [2.75, 3.05) is 6.54 Å². The van der Waals surface area contributed by atoms with Crippen molar-refractivity contribution in [3.63, 3.8) is 0 Å². The van der Waals surface area contributed by atoms with E-state index in [4.69, 9.17) is 4.74 Å². The number of benzene rings is 1. The molecule has 1 aliphatic carbocycles. The molecule has 1 aromatic heterocycles. The van der Waals surface area contributed by atoms with Crippen LogP contribution < -0.4 is 4.74 Å². The SMILES string of the molecule is CC(=O)Oc1cc2c(s1)CCN(C(c1ccccc1F)C(O)C1CC1)C2. The van der Waals surface area contributed by atoms with E-state index in [-0.39, 0.29) is 23.7 Å². The van der Waals surface area contributed by atoms with Crippen LogP contribution in [0.3, 0.4) is 0 Å². The van der Waals surface area contributed by atoms with Crippen molar-refractivity contribution >= 4 is 17.3 Å². The van der Waals surface area contributed by atoms with Gasteiger partial charge in [-0.05, 0) is 42.9 Å². The van der Waals surface area contributed by atoms with E-state index >= 15 is 0 Å². The van der Waals surface area contributed by atoms with Gasteiger partial charge in [-0.15, -0.1) is 11.3 Å². The zero-order chi connectivity index (χ0) is 18.3. The second kappa shape index (κ2) is 7.10. The molecule has 6 heteroatoms. The normalized spacial score (nSPS) is 19.7. The van der Waals surface area contributed by atoms with Gasteiger partial charge in [-0.25, -0.2) is 4.39 Å². The maximum Gasteiger partial charge on any atom is 0.308 e. The van der Waals surface area contributed by atoms with Crippen molar-refractivity contribution in [2.45, 2.75) is 44.9 Å². The van der Waals surface area contributed by atoms with E-state index in [0.717, 1.165) is 31.4 Å². The Kier molecular flexibility index (Phi) is 4.82. The molecule has 4 nitrogen and oxygen atoms in total. The number of rotatable bonds is 5. The molecule has 26 heavy (non-hydrogen) atoms. The van der Waals surface area contributed by atoms with Gasteiger partial charge in [-0.3, -0.25) is 9.69 Å². The van der Waals surface area contributed by atoms with E-state index in [2.05, 4.69) is 4.90 Å². The fraction of sp³-hybridized carbons (Fsp3) is 0.450. The molecule has 1 aliphatic heterocycles. The predicted octanol–water partition coefficient (Wildman–Crippen LogP) is 3.68. The minimum atomic E-state index is -0.569. The number of nitrogens with zero attached hydrogens (tertiary/aromatic N) is 1. The molecule has 0 saturated heterocycles. The highest BCUT2D eigenvalue weighted by Crippen LogP contribution is 2.43. The lowest BCUT2D eigenvalue weighted by molar-refractivity contribution is -0.131. The molecule has 2 atom stereocenters. The van der Waals surface area contributed by atoms with Gasteiger partial charge in [0.05, 0.1) is 12.1 Å². The number of thiophene rings is 1. The third-order valence-electron chi connectivity index (χ3n) is 5.16. The van der Waals surface area contributed by atoms with E-state index in [1.54, 1.807) is 12.1 Å². The van der Waals surface area contributed by atoms with Crippen LogP contribution in [-0.4, -0.2) is 28.6 Å². The number of esters is 1. The van der Waals surface area contributed by atoms with E-state index in [9.17, 15) is 14.3 Å². The van der Waals surface area contributed by atoms with Crippen molar-refractivity contribution in [2.24, 2.45) is 5.92 Å².